The van der Waals surface area contributed by atoms with E-state index in [1.54, 1.807) is 23.2 Å². The van der Waals surface area contributed by atoms with E-state index in [2.05, 4.69) is 9.00 Å². The predicted molar refractivity (Wildman–Crippen MR) is 92.8 cm³/mol. The van der Waals surface area contributed by atoms with Crippen molar-refractivity contribution in [2.24, 2.45) is 0 Å². The molecule has 5 nitrogen and oxygen atoms in total. The summed E-state index contributed by atoms with van der Waals surface area (Å²) in [5.74, 6) is -1.09. The Morgan fingerprint density at radius 2 is 2.14 bits per heavy atom. The molecular weight excluding hydrogens is 395 g/mol. The van der Waals surface area contributed by atoms with Gasteiger partial charge in [-0.25, -0.2) is 4.79 Å². The number of carbonyl (C=O) groups is 2. The van der Waals surface area contributed by atoms with Crippen LogP contribution in [0.4, 0.5) is 0 Å². The van der Waals surface area contributed by atoms with Crippen LogP contribution in [0.2, 0.25) is 0 Å². The lowest BCUT2D eigenvalue weighted by Gasteiger charge is -2.31. The fourth-order valence-electron chi connectivity index (χ4n) is 2.82. The van der Waals surface area contributed by atoms with Crippen molar-refractivity contribution in [2.45, 2.75) is 48.6 Å². The molecule has 3 atom stereocenters. The van der Waals surface area contributed by atoms with Gasteiger partial charge >= 0.3 is 5.97 Å². The van der Waals surface area contributed by atoms with Crippen LogP contribution >= 0.6 is 20.7 Å². The fourth-order valence-corrected chi connectivity index (χ4v) is 5.66. The van der Waals surface area contributed by atoms with Gasteiger partial charge < -0.3 is 10.0 Å². The molecule has 0 aliphatic carbocycles. The summed E-state index contributed by atoms with van der Waals surface area (Å²) in [6, 6.07) is 2.81. The Morgan fingerprint density at radius 3 is 2.68 bits per heavy atom. The van der Waals surface area contributed by atoms with E-state index in [4.69, 9.17) is 0 Å². The van der Waals surface area contributed by atoms with Crippen molar-refractivity contribution in [3.05, 3.63) is 29.6 Å². The number of hydrogen-bond donors (Lipinski definition) is 1. The molecule has 118 valence electrons. The number of nitrogens with zero attached hydrogens (tertiary/aromatic N) is 2. The normalized spacial score (nSPS) is 26.9. The third-order valence-corrected chi connectivity index (χ3v) is 7.46. The smallest absolute Gasteiger partial charge is 0.326 e. The molecule has 0 saturated carbocycles. The quantitative estimate of drug-likeness (QED) is 0.595. The Bertz CT molecular complexity index is 666. The number of alkyl halides is 1. The van der Waals surface area contributed by atoms with Gasteiger partial charge in [-0.15, -0.1) is 20.7 Å². The maximum atomic E-state index is 12.9. The minimum absolute atomic E-state index is 0.0210. The first-order valence-corrected chi connectivity index (χ1v) is 9.75. The second-order valence-corrected chi connectivity index (χ2v) is 9.78. The Kier molecular flexibility index (Phi) is 3.82. The van der Waals surface area contributed by atoms with E-state index >= 15 is 0 Å². The van der Waals surface area contributed by atoms with Crippen LogP contribution in [0.15, 0.2) is 18.3 Å². The molecule has 1 saturated heterocycles. The van der Waals surface area contributed by atoms with Gasteiger partial charge in [0.1, 0.15) is 6.04 Å². The number of hydrogen-bond acceptors (Lipinski definition) is 3. The molecule has 1 aromatic heterocycles. The number of pyridine rings is 1. The lowest BCUT2D eigenvalue weighted by molar-refractivity contribution is -0.141. The second-order valence-electron chi connectivity index (χ2n) is 6.74. The third-order valence-electron chi connectivity index (χ3n) is 4.13. The van der Waals surface area contributed by atoms with Gasteiger partial charge in [0, 0.05) is 26.8 Å². The molecule has 0 aromatic carbocycles. The summed E-state index contributed by atoms with van der Waals surface area (Å²) in [5.41, 5.74) is 1.22. The van der Waals surface area contributed by atoms with E-state index in [9.17, 15) is 14.7 Å². The number of carboxylic acid groups (broad SMARTS) is 1. The van der Waals surface area contributed by atoms with Crippen molar-refractivity contribution in [3.8, 4) is 0 Å². The van der Waals surface area contributed by atoms with Gasteiger partial charge in [0.05, 0.1) is 6.04 Å². The van der Waals surface area contributed by atoms with Crippen LogP contribution in [0.3, 0.4) is 0 Å². The van der Waals surface area contributed by atoms with Gasteiger partial charge in [-0.2, -0.15) is 0 Å². The van der Waals surface area contributed by atoms with Crippen LogP contribution < -0.4 is 0 Å². The number of carbonyl (C=O) groups excluding carboxylic acids is 1. The number of aromatic nitrogens is 1. The Labute approximate surface area is 139 Å². The van der Waals surface area contributed by atoms with Crippen molar-refractivity contribution in [3.63, 3.8) is 0 Å². The van der Waals surface area contributed by atoms with E-state index in [1.165, 1.54) is 0 Å². The summed E-state index contributed by atoms with van der Waals surface area (Å²) in [7, 11) is 0. The van der Waals surface area contributed by atoms with Crippen molar-refractivity contribution >= 4 is 36.6 Å². The maximum Gasteiger partial charge on any atom is 0.326 e. The number of halogens is 1. The molecule has 0 bridgehead atoms. The highest BCUT2D eigenvalue weighted by molar-refractivity contribution is 14.2. The average Bonchev–Trinajstić information content (AvgIpc) is 2.68. The predicted octanol–water partition coefficient (Wildman–Crippen LogP) is 2.20. The molecule has 0 spiro atoms. The number of likely N-dealkylation sites (tertiary alicyclic amines) is 1. The second kappa shape index (κ2) is 5.40. The van der Waals surface area contributed by atoms with E-state index in [0.29, 0.717) is 15.9 Å². The SMILES string of the molecule is CC(C)(C)c1cc(C(=O)N2[C@@H](C(=O)O)C[C@H]3I=C[C@H]32)ccn1. The zero-order valence-corrected chi connectivity index (χ0v) is 14.9. The maximum absolute atomic E-state index is 12.9. The third kappa shape index (κ3) is 2.57. The van der Waals surface area contributed by atoms with Crippen molar-refractivity contribution in [2.75, 3.05) is 0 Å². The summed E-state index contributed by atoms with van der Waals surface area (Å²) in [4.78, 5) is 30.2. The summed E-state index contributed by atoms with van der Waals surface area (Å²) in [6.45, 7) is 6.12. The number of aliphatic carboxylic acids is 1. The van der Waals surface area contributed by atoms with Gasteiger partial charge in [-0.1, -0.05) is 20.8 Å². The molecular formula is C16H19IN2O3. The van der Waals surface area contributed by atoms with Gasteiger partial charge in [-0.3, -0.25) is 9.78 Å². The molecule has 3 heterocycles. The summed E-state index contributed by atoms with van der Waals surface area (Å²) >= 11 is -0.0481. The molecule has 2 aliphatic rings. The highest BCUT2D eigenvalue weighted by Gasteiger charge is 2.49. The van der Waals surface area contributed by atoms with E-state index in [0.717, 1.165) is 5.69 Å². The Morgan fingerprint density at radius 1 is 1.41 bits per heavy atom. The lowest BCUT2D eigenvalue weighted by Crippen LogP contribution is -2.48. The van der Waals surface area contributed by atoms with Crippen LogP contribution in [-0.4, -0.2) is 46.9 Å². The molecule has 2 aliphatic heterocycles. The molecule has 3 rings (SSSR count). The van der Waals surface area contributed by atoms with Crippen molar-refractivity contribution in [1.82, 2.24) is 9.88 Å². The van der Waals surface area contributed by atoms with Gasteiger partial charge in [0.2, 0.25) is 0 Å². The molecule has 6 heteroatoms. The highest BCUT2D eigenvalue weighted by Crippen LogP contribution is 2.40. The number of fused-ring (bicyclic) bond motifs is 1. The lowest BCUT2D eigenvalue weighted by atomic mass is 9.90. The molecule has 1 amide bonds. The zero-order valence-electron chi connectivity index (χ0n) is 12.8. The van der Waals surface area contributed by atoms with E-state index < -0.39 is 12.0 Å². The molecule has 1 N–H and O–H groups in total. The largest absolute Gasteiger partial charge is 0.480 e. The first-order chi connectivity index (χ1) is 10.3. The fraction of sp³-hybridized carbons (Fsp3) is 0.500. The first kappa shape index (κ1) is 15.6. The topological polar surface area (TPSA) is 70.5 Å². The zero-order chi connectivity index (χ0) is 16.1. The Hall–Kier alpha value is -1.31. The highest BCUT2D eigenvalue weighted by atomic mass is 127. The summed E-state index contributed by atoms with van der Waals surface area (Å²) in [6.07, 6.45) is 2.24. The van der Waals surface area contributed by atoms with Crippen molar-refractivity contribution in [1.29, 1.82) is 0 Å². The summed E-state index contributed by atoms with van der Waals surface area (Å²) in [5, 5.41) is 9.42. The molecule has 22 heavy (non-hydrogen) atoms. The van der Waals surface area contributed by atoms with Crippen LogP contribution in [0.5, 0.6) is 0 Å². The minimum Gasteiger partial charge on any atom is -0.480 e. The molecule has 0 radical (unpaired) electrons. The number of carboxylic acids is 1. The van der Waals surface area contributed by atoms with E-state index in [1.807, 2.05) is 20.8 Å². The molecule has 1 fully saturated rings. The average molecular weight is 414 g/mol. The number of amides is 1. The standard InChI is InChI=1S/C16H19IN2O3/c1-16(2,3)13-6-9(4-5-18-13)14(20)19-11(15(21)22)7-10-12(19)8-17-10/h4-6,8,10-12H,7H2,1-3H3,(H,21,22)/t10-,11-,12-/m1/s1. The van der Waals surface area contributed by atoms with Gasteiger partial charge in [0.15, 0.2) is 0 Å². The Balaban J connectivity index is 1.93. The van der Waals surface area contributed by atoms with Gasteiger partial charge in [0.25, 0.3) is 5.91 Å². The van der Waals surface area contributed by atoms with Crippen LogP contribution in [0.1, 0.15) is 43.2 Å². The number of rotatable bonds is 2. The van der Waals surface area contributed by atoms with Crippen molar-refractivity contribution < 1.29 is 14.7 Å². The van der Waals surface area contributed by atoms with E-state index in [-0.39, 0.29) is 38.1 Å². The molecule has 0 unspecified atom stereocenters. The van der Waals surface area contributed by atoms with Crippen LogP contribution in [0.25, 0.3) is 0 Å². The monoisotopic (exact) mass is 414 g/mol. The minimum atomic E-state index is -0.898. The van der Waals surface area contributed by atoms with Crippen LogP contribution in [-0.2, 0) is 10.2 Å². The first-order valence-electron chi connectivity index (χ1n) is 7.26. The summed E-state index contributed by atoms with van der Waals surface area (Å²) < 4.78 is 2.56. The van der Waals surface area contributed by atoms with Crippen LogP contribution in [0, 0.1) is 0 Å². The molecule has 1 aromatic rings. The van der Waals surface area contributed by atoms with Gasteiger partial charge in [-0.05, 0) is 22.6 Å².